The summed E-state index contributed by atoms with van der Waals surface area (Å²) < 4.78 is 0.901. The van der Waals surface area contributed by atoms with Gasteiger partial charge in [0.2, 0.25) is 0 Å². The van der Waals surface area contributed by atoms with Crippen LogP contribution < -0.4 is 5.32 Å². The molecule has 19 heavy (non-hydrogen) atoms. The number of likely N-dealkylation sites (tertiary alicyclic amines) is 1. The molecule has 1 N–H and O–H groups in total. The minimum absolute atomic E-state index is 0.0775. The fourth-order valence-corrected chi connectivity index (χ4v) is 3.66. The first-order valence-electron chi connectivity index (χ1n) is 6.84. The Labute approximate surface area is 121 Å². The summed E-state index contributed by atoms with van der Waals surface area (Å²) in [6.07, 6.45) is 2.71. The SMILES string of the molecule is CCC1C2CNCC2CN1C(=O)c1ccc(Br)cn1. The summed E-state index contributed by atoms with van der Waals surface area (Å²) in [5.74, 6) is 1.31. The zero-order chi connectivity index (χ0) is 13.4. The van der Waals surface area contributed by atoms with E-state index in [-0.39, 0.29) is 5.91 Å². The van der Waals surface area contributed by atoms with Crippen molar-refractivity contribution in [3.05, 3.63) is 28.5 Å². The van der Waals surface area contributed by atoms with E-state index in [0.29, 0.717) is 23.6 Å². The van der Waals surface area contributed by atoms with Gasteiger partial charge in [0.15, 0.2) is 0 Å². The van der Waals surface area contributed by atoms with E-state index < -0.39 is 0 Å². The summed E-state index contributed by atoms with van der Waals surface area (Å²) in [7, 11) is 0. The first kappa shape index (κ1) is 13.1. The zero-order valence-electron chi connectivity index (χ0n) is 11.0. The number of halogens is 1. The smallest absolute Gasteiger partial charge is 0.272 e. The number of hydrogen-bond donors (Lipinski definition) is 1. The minimum Gasteiger partial charge on any atom is -0.334 e. The molecular weight excluding hydrogens is 306 g/mol. The van der Waals surface area contributed by atoms with E-state index in [2.05, 4.69) is 33.2 Å². The van der Waals surface area contributed by atoms with Crippen molar-refractivity contribution in [3.8, 4) is 0 Å². The molecule has 2 fully saturated rings. The lowest BCUT2D eigenvalue weighted by Gasteiger charge is -2.26. The molecule has 0 aromatic carbocycles. The van der Waals surface area contributed by atoms with Crippen molar-refractivity contribution in [2.75, 3.05) is 19.6 Å². The average molecular weight is 324 g/mol. The Kier molecular flexibility index (Phi) is 3.58. The van der Waals surface area contributed by atoms with Crippen LogP contribution in [-0.4, -0.2) is 41.5 Å². The van der Waals surface area contributed by atoms with Gasteiger partial charge in [0, 0.05) is 36.3 Å². The van der Waals surface area contributed by atoms with Crippen LogP contribution in [0.2, 0.25) is 0 Å². The molecule has 1 aromatic heterocycles. The number of amides is 1. The Morgan fingerprint density at radius 3 is 3.05 bits per heavy atom. The quantitative estimate of drug-likeness (QED) is 0.904. The number of carbonyl (C=O) groups is 1. The molecule has 0 radical (unpaired) electrons. The van der Waals surface area contributed by atoms with Crippen molar-refractivity contribution < 1.29 is 4.79 Å². The molecule has 0 bridgehead atoms. The van der Waals surface area contributed by atoms with Crippen LogP contribution in [0.15, 0.2) is 22.8 Å². The highest BCUT2D eigenvalue weighted by Crippen LogP contribution is 2.34. The normalized spacial score (nSPS) is 29.6. The molecule has 1 amide bonds. The molecule has 1 aromatic rings. The van der Waals surface area contributed by atoms with Gasteiger partial charge < -0.3 is 10.2 Å². The topological polar surface area (TPSA) is 45.2 Å². The van der Waals surface area contributed by atoms with Gasteiger partial charge in [-0.15, -0.1) is 0 Å². The average Bonchev–Trinajstić information content (AvgIpc) is 2.98. The minimum atomic E-state index is 0.0775. The first-order valence-corrected chi connectivity index (χ1v) is 7.63. The number of carbonyl (C=O) groups excluding carboxylic acids is 1. The molecule has 3 atom stereocenters. The van der Waals surface area contributed by atoms with Crippen LogP contribution in [0.3, 0.4) is 0 Å². The van der Waals surface area contributed by atoms with Crippen LogP contribution in [-0.2, 0) is 0 Å². The predicted octanol–water partition coefficient (Wildman–Crippen LogP) is 1.91. The van der Waals surface area contributed by atoms with E-state index in [9.17, 15) is 4.79 Å². The van der Waals surface area contributed by atoms with Gasteiger partial charge in [0.05, 0.1) is 0 Å². The third kappa shape index (κ3) is 2.30. The van der Waals surface area contributed by atoms with Crippen molar-refractivity contribution >= 4 is 21.8 Å². The number of nitrogens with zero attached hydrogens (tertiary/aromatic N) is 2. The second-order valence-electron chi connectivity index (χ2n) is 5.38. The molecule has 3 rings (SSSR count). The highest BCUT2D eigenvalue weighted by molar-refractivity contribution is 9.10. The van der Waals surface area contributed by atoms with Gasteiger partial charge in [-0.3, -0.25) is 4.79 Å². The summed E-state index contributed by atoms with van der Waals surface area (Å²) in [4.78, 5) is 18.9. The molecule has 5 heteroatoms. The van der Waals surface area contributed by atoms with E-state index in [1.807, 2.05) is 11.0 Å². The van der Waals surface area contributed by atoms with Crippen molar-refractivity contribution in [3.63, 3.8) is 0 Å². The van der Waals surface area contributed by atoms with E-state index in [4.69, 9.17) is 0 Å². The van der Waals surface area contributed by atoms with Gasteiger partial charge in [-0.1, -0.05) is 6.92 Å². The molecule has 0 saturated carbocycles. The fourth-order valence-electron chi connectivity index (χ4n) is 3.43. The van der Waals surface area contributed by atoms with E-state index in [0.717, 1.165) is 30.5 Å². The molecule has 0 spiro atoms. The molecule has 2 aliphatic rings. The maximum Gasteiger partial charge on any atom is 0.272 e. The fraction of sp³-hybridized carbons (Fsp3) is 0.571. The molecule has 2 saturated heterocycles. The van der Waals surface area contributed by atoms with Gasteiger partial charge in [0.25, 0.3) is 5.91 Å². The monoisotopic (exact) mass is 323 g/mol. The summed E-state index contributed by atoms with van der Waals surface area (Å²) in [6, 6.07) is 4.03. The number of hydrogen-bond acceptors (Lipinski definition) is 3. The summed E-state index contributed by atoms with van der Waals surface area (Å²) in [5.41, 5.74) is 0.551. The van der Waals surface area contributed by atoms with Crippen molar-refractivity contribution in [2.45, 2.75) is 19.4 Å². The van der Waals surface area contributed by atoms with E-state index >= 15 is 0 Å². The lowest BCUT2D eigenvalue weighted by Crippen LogP contribution is -2.39. The lowest BCUT2D eigenvalue weighted by atomic mass is 9.93. The molecule has 2 aliphatic heterocycles. The summed E-state index contributed by atoms with van der Waals surface area (Å²) >= 11 is 3.35. The second-order valence-corrected chi connectivity index (χ2v) is 6.29. The molecular formula is C14H18BrN3O. The second kappa shape index (κ2) is 5.21. The number of aromatic nitrogens is 1. The van der Waals surface area contributed by atoms with Crippen LogP contribution in [0.1, 0.15) is 23.8 Å². The van der Waals surface area contributed by atoms with Gasteiger partial charge in [-0.2, -0.15) is 0 Å². The van der Waals surface area contributed by atoms with Crippen LogP contribution >= 0.6 is 15.9 Å². The van der Waals surface area contributed by atoms with Crippen LogP contribution in [0.4, 0.5) is 0 Å². The van der Waals surface area contributed by atoms with Crippen molar-refractivity contribution in [1.82, 2.24) is 15.2 Å². The third-order valence-electron chi connectivity index (χ3n) is 4.34. The Morgan fingerprint density at radius 2 is 2.37 bits per heavy atom. The van der Waals surface area contributed by atoms with Gasteiger partial charge in [0.1, 0.15) is 5.69 Å². The van der Waals surface area contributed by atoms with Crippen LogP contribution in [0, 0.1) is 11.8 Å². The Balaban J connectivity index is 1.81. The van der Waals surface area contributed by atoms with E-state index in [1.165, 1.54) is 0 Å². The summed E-state index contributed by atoms with van der Waals surface area (Å²) in [6.45, 7) is 5.12. The summed E-state index contributed by atoms with van der Waals surface area (Å²) in [5, 5.41) is 3.44. The number of rotatable bonds is 2. The van der Waals surface area contributed by atoms with Crippen molar-refractivity contribution in [1.29, 1.82) is 0 Å². The van der Waals surface area contributed by atoms with Crippen LogP contribution in [0.5, 0.6) is 0 Å². The van der Waals surface area contributed by atoms with Crippen molar-refractivity contribution in [2.24, 2.45) is 11.8 Å². The maximum atomic E-state index is 12.6. The predicted molar refractivity (Wildman–Crippen MR) is 76.9 cm³/mol. The maximum absolute atomic E-state index is 12.6. The molecule has 102 valence electrons. The Hall–Kier alpha value is -0.940. The first-order chi connectivity index (χ1) is 9.20. The molecule has 0 aliphatic carbocycles. The van der Waals surface area contributed by atoms with Gasteiger partial charge >= 0.3 is 0 Å². The number of nitrogens with one attached hydrogen (secondary N) is 1. The highest BCUT2D eigenvalue weighted by Gasteiger charge is 2.45. The Bertz CT molecular complexity index is 476. The van der Waals surface area contributed by atoms with E-state index in [1.54, 1.807) is 12.3 Å². The third-order valence-corrected chi connectivity index (χ3v) is 4.81. The molecule has 3 unspecified atom stereocenters. The standard InChI is InChI=1S/C14H18BrN3O/c1-2-13-11-7-16-5-9(11)8-18(13)14(19)12-4-3-10(15)6-17-12/h3-4,6,9,11,13,16H,2,5,7-8H2,1H3. The Morgan fingerprint density at radius 1 is 1.53 bits per heavy atom. The van der Waals surface area contributed by atoms with Gasteiger partial charge in [-0.05, 0) is 46.3 Å². The number of pyridine rings is 1. The lowest BCUT2D eigenvalue weighted by molar-refractivity contribution is 0.0705. The largest absolute Gasteiger partial charge is 0.334 e. The van der Waals surface area contributed by atoms with Crippen LogP contribution in [0.25, 0.3) is 0 Å². The van der Waals surface area contributed by atoms with Gasteiger partial charge in [-0.25, -0.2) is 4.98 Å². The number of fused-ring (bicyclic) bond motifs is 1. The highest BCUT2D eigenvalue weighted by atomic mass is 79.9. The molecule has 4 nitrogen and oxygen atoms in total. The molecule has 3 heterocycles. The zero-order valence-corrected chi connectivity index (χ0v) is 12.6.